The minimum atomic E-state index is -0.683. The number of hydrogen-bond donors (Lipinski definition) is 0. The highest BCUT2D eigenvalue weighted by molar-refractivity contribution is 7.99. The van der Waals surface area contributed by atoms with Crippen molar-refractivity contribution in [1.82, 2.24) is 19.1 Å². The van der Waals surface area contributed by atoms with E-state index in [1.54, 1.807) is 0 Å². The van der Waals surface area contributed by atoms with Gasteiger partial charge in [-0.05, 0) is 142 Å². The van der Waals surface area contributed by atoms with E-state index < -0.39 is 5.41 Å². The van der Waals surface area contributed by atoms with Crippen LogP contribution < -0.4 is 0 Å². The number of para-hydroxylation sites is 3. The van der Waals surface area contributed by atoms with E-state index in [1.165, 1.54) is 48.3 Å². The van der Waals surface area contributed by atoms with Crippen LogP contribution in [-0.2, 0) is 5.41 Å². The van der Waals surface area contributed by atoms with Crippen molar-refractivity contribution in [2.75, 3.05) is 0 Å². The molecule has 0 fully saturated rings. The molecule has 1 spiro atoms. The molecule has 0 saturated carbocycles. The van der Waals surface area contributed by atoms with Crippen LogP contribution in [0.4, 0.5) is 0 Å². The Morgan fingerprint density at radius 2 is 0.970 bits per heavy atom. The van der Waals surface area contributed by atoms with Gasteiger partial charge in [0.1, 0.15) is 0 Å². The van der Waals surface area contributed by atoms with Gasteiger partial charge in [0, 0.05) is 55.1 Å². The molecule has 14 rings (SSSR count). The van der Waals surface area contributed by atoms with Crippen LogP contribution in [0.25, 0.3) is 88.6 Å². The van der Waals surface area contributed by atoms with Gasteiger partial charge in [-0.15, -0.1) is 0 Å². The van der Waals surface area contributed by atoms with E-state index in [2.05, 4.69) is 197 Å². The lowest BCUT2D eigenvalue weighted by Gasteiger charge is -2.40. The van der Waals surface area contributed by atoms with Crippen molar-refractivity contribution in [2.45, 2.75) is 15.2 Å². The van der Waals surface area contributed by atoms with Crippen LogP contribution in [0, 0.1) is 11.3 Å². The fraction of sp³-hybridized carbons (Fsp3) is 0.0167. The predicted molar refractivity (Wildman–Crippen MR) is 268 cm³/mol. The number of fused-ring (bicyclic) bond motifs is 15. The number of benzene rings is 8. The number of rotatable bonds is 4. The van der Waals surface area contributed by atoms with Crippen LogP contribution in [0.3, 0.4) is 0 Å². The Kier molecular flexibility index (Phi) is 7.83. The molecule has 0 unspecified atom stereocenters. The highest BCUT2D eigenvalue weighted by atomic mass is 32.2. The third kappa shape index (κ3) is 5.06. The van der Waals surface area contributed by atoms with E-state index in [-0.39, 0.29) is 0 Å². The summed E-state index contributed by atoms with van der Waals surface area (Å²) in [6.45, 7) is 0. The van der Waals surface area contributed by atoms with Crippen molar-refractivity contribution in [1.29, 1.82) is 5.26 Å². The second kappa shape index (κ2) is 14.0. The first-order valence-electron chi connectivity index (χ1n) is 22.2. The molecule has 5 nitrogen and oxygen atoms in total. The van der Waals surface area contributed by atoms with Gasteiger partial charge in [-0.2, -0.15) is 5.26 Å². The molecule has 0 N–H and O–H groups in total. The van der Waals surface area contributed by atoms with Gasteiger partial charge in [-0.1, -0.05) is 115 Å². The normalized spacial score (nSPS) is 13.2. The first-order chi connectivity index (χ1) is 32.7. The lowest BCUT2D eigenvalue weighted by molar-refractivity contribution is 0.720. The summed E-state index contributed by atoms with van der Waals surface area (Å²) in [5.74, 6) is 0. The average molecular weight is 858 g/mol. The molecule has 2 aliphatic rings. The van der Waals surface area contributed by atoms with E-state index in [4.69, 9.17) is 9.97 Å². The molecule has 6 heteroatoms. The summed E-state index contributed by atoms with van der Waals surface area (Å²) in [5.41, 5.74) is 17.9. The summed E-state index contributed by atoms with van der Waals surface area (Å²) in [7, 11) is 0. The summed E-state index contributed by atoms with van der Waals surface area (Å²) in [6.07, 6.45) is 3.78. The van der Waals surface area contributed by atoms with Crippen LogP contribution >= 0.6 is 11.8 Å². The van der Waals surface area contributed by atoms with E-state index in [0.29, 0.717) is 5.56 Å². The Labute approximate surface area is 384 Å². The van der Waals surface area contributed by atoms with Crippen molar-refractivity contribution in [3.05, 3.63) is 240 Å². The van der Waals surface area contributed by atoms with Gasteiger partial charge in [0.2, 0.25) is 0 Å². The third-order valence-corrected chi connectivity index (χ3v) is 15.1. The Hall–Kier alpha value is -8.50. The van der Waals surface area contributed by atoms with Crippen molar-refractivity contribution in [2.24, 2.45) is 0 Å². The quantitative estimate of drug-likeness (QED) is 0.177. The molecule has 4 aromatic heterocycles. The van der Waals surface area contributed by atoms with Gasteiger partial charge >= 0.3 is 0 Å². The van der Waals surface area contributed by atoms with Crippen LogP contribution in [-0.4, -0.2) is 19.1 Å². The highest BCUT2D eigenvalue weighted by Crippen LogP contribution is 2.63. The Balaban J connectivity index is 0.995. The summed E-state index contributed by atoms with van der Waals surface area (Å²) in [4.78, 5) is 12.5. The molecule has 12 aromatic rings. The van der Waals surface area contributed by atoms with Crippen molar-refractivity contribution in [3.8, 4) is 51.1 Å². The highest BCUT2D eigenvalue weighted by Gasteiger charge is 2.52. The fourth-order valence-corrected chi connectivity index (χ4v) is 12.5. The van der Waals surface area contributed by atoms with Gasteiger partial charge in [-0.3, -0.25) is 9.97 Å². The van der Waals surface area contributed by atoms with Gasteiger partial charge in [0.05, 0.1) is 50.5 Å². The second-order valence-electron chi connectivity index (χ2n) is 17.2. The predicted octanol–water partition coefficient (Wildman–Crippen LogP) is 14.7. The summed E-state index contributed by atoms with van der Waals surface area (Å²) in [5, 5.41) is 14.6. The zero-order valence-corrected chi connectivity index (χ0v) is 36.2. The standard InChI is InChI=1S/C60H35N5S/c61-36-37-22-26-53-45(32-37)47-34-40(24-28-55(47)65(53)42-14-5-2-6-15-42)43-17-9-18-50-59(43)66-56-29-25-39(35-51(56)60(50)48-19-10-30-62-57(48)58-49(60)20-11-31-63-58)38-23-27-54-46(33-38)44-16-7-8-21-52(44)64(54)41-12-3-1-4-13-41/h1-35H. The molecular weight excluding hydrogens is 823 g/mol. The topological polar surface area (TPSA) is 59.4 Å². The van der Waals surface area contributed by atoms with Crippen molar-refractivity contribution < 1.29 is 0 Å². The number of hydrogen-bond acceptors (Lipinski definition) is 4. The van der Waals surface area contributed by atoms with Gasteiger partial charge in [0.25, 0.3) is 0 Å². The molecule has 0 radical (unpaired) electrons. The molecule has 0 amide bonds. The molecule has 66 heavy (non-hydrogen) atoms. The molecule has 5 heterocycles. The van der Waals surface area contributed by atoms with Crippen molar-refractivity contribution >= 4 is 55.4 Å². The van der Waals surface area contributed by atoms with E-state index in [1.807, 2.05) is 42.4 Å². The minimum Gasteiger partial charge on any atom is -0.309 e. The zero-order valence-electron chi connectivity index (χ0n) is 35.4. The number of nitriles is 1. The molecule has 0 bridgehead atoms. The summed E-state index contributed by atoms with van der Waals surface area (Å²) < 4.78 is 4.68. The Morgan fingerprint density at radius 3 is 1.67 bits per heavy atom. The van der Waals surface area contributed by atoms with E-state index in [9.17, 15) is 5.26 Å². The van der Waals surface area contributed by atoms with Gasteiger partial charge < -0.3 is 9.13 Å². The first kappa shape index (κ1) is 36.9. The number of aromatic nitrogens is 4. The summed E-state index contributed by atoms with van der Waals surface area (Å²) in [6, 6.07) is 74.5. The van der Waals surface area contributed by atoms with Crippen LogP contribution in [0.2, 0.25) is 0 Å². The van der Waals surface area contributed by atoms with E-state index in [0.717, 1.165) is 72.4 Å². The molecule has 1 aliphatic heterocycles. The smallest absolute Gasteiger partial charge is 0.0991 e. The second-order valence-corrected chi connectivity index (χ2v) is 18.3. The molecule has 1 aliphatic carbocycles. The molecule has 306 valence electrons. The maximum Gasteiger partial charge on any atom is 0.0991 e. The fourth-order valence-electron chi connectivity index (χ4n) is 11.2. The van der Waals surface area contributed by atoms with Crippen LogP contribution in [0.1, 0.15) is 27.8 Å². The summed E-state index contributed by atoms with van der Waals surface area (Å²) >= 11 is 1.85. The number of pyridine rings is 2. The largest absolute Gasteiger partial charge is 0.309 e. The third-order valence-electron chi connectivity index (χ3n) is 13.9. The lowest BCUT2D eigenvalue weighted by atomic mass is 9.67. The van der Waals surface area contributed by atoms with Crippen molar-refractivity contribution in [3.63, 3.8) is 0 Å². The number of nitrogens with zero attached hydrogens (tertiary/aromatic N) is 5. The molecule has 8 aromatic carbocycles. The SMILES string of the molecule is N#Cc1ccc2c(c1)c1cc(-c3cccc4c3Sc3ccc(-c5ccc6c(c5)c5ccccc5n6-c5ccccc5)cc3C43c4cccnc4-c4ncccc43)ccc1n2-c1ccccc1. The molecule has 0 saturated heterocycles. The monoisotopic (exact) mass is 857 g/mol. The average Bonchev–Trinajstić information content (AvgIpc) is 4.00. The maximum atomic E-state index is 10.0. The van der Waals surface area contributed by atoms with Crippen LogP contribution in [0.15, 0.2) is 222 Å². The van der Waals surface area contributed by atoms with E-state index >= 15 is 0 Å². The Morgan fingerprint density at radius 1 is 0.424 bits per heavy atom. The van der Waals surface area contributed by atoms with Gasteiger partial charge in [0.15, 0.2) is 0 Å². The maximum absolute atomic E-state index is 10.0. The van der Waals surface area contributed by atoms with Crippen LogP contribution in [0.5, 0.6) is 0 Å². The zero-order chi connectivity index (χ0) is 43.5. The first-order valence-corrected chi connectivity index (χ1v) is 23.0. The lowest BCUT2D eigenvalue weighted by Crippen LogP contribution is -2.32. The minimum absolute atomic E-state index is 0.644. The van der Waals surface area contributed by atoms with Gasteiger partial charge in [-0.25, -0.2) is 0 Å². The molecular formula is C60H35N5S. The Bertz CT molecular complexity index is 4000. The molecule has 0 atom stereocenters.